The minimum absolute atomic E-state index is 0.149. The van der Waals surface area contributed by atoms with Crippen molar-refractivity contribution in [3.05, 3.63) is 78.1 Å². The Labute approximate surface area is 395 Å². The molecule has 0 N–H and O–H groups in total. The van der Waals surface area contributed by atoms with E-state index >= 15 is 0 Å². The van der Waals surface area contributed by atoms with Crippen molar-refractivity contribution < 1.29 is 33.3 Å². The van der Waals surface area contributed by atoms with Crippen molar-refractivity contribution >= 4 is 39.9 Å². The summed E-state index contributed by atoms with van der Waals surface area (Å²) in [7, 11) is -0.855. The minimum Gasteiger partial charge on any atom is -0.444 e. The van der Waals surface area contributed by atoms with Crippen LogP contribution in [0, 0.1) is 0 Å². The number of imidazole rings is 2. The topological polar surface area (TPSA) is 133 Å². The van der Waals surface area contributed by atoms with E-state index in [2.05, 4.69) is 48.4 Å². The molecule has 0 aliphatic carbocycles. The average Bonchev–Trinajstić information content (AvgIpc) is 4.05. The van der Waals surface area contributed by atoms with Crippen LogP contribution in [0.2, 0.25) is 51.4 Å². The van der Waals surface area contributed by atoms with Gasteiger partial charge in [-0.1, -0.05) is 63.5 Å². The lowest BCUT2D eigenvalue weighted by atomic mass is 10.1. The van der Waals surface area contributed by atoms with Crippen LogP contribution in [0.3, 0.4) is 0 Å². The molecule has 3 amide bonds. The average molecular weight is 942 g/mol. The van der Waals surface area contributed by atoms with Gasteiger partial charge in [-0.05, 0) is 115 Å². The fourth-order valence-corrected chi connectivity index (χ4v) is 9.72. The molecule has 0 spiro atoms. The Bertz CT molecular complexity index is 2280. The van der Waals surface area contributed by atoms with E-state index in [1.807, 2.05) is 102 Å². The number of benzene rings is 2. The van der Waals surface area contributed by atoms with Crippen LogP contribution in [0.1, 0.15) is 101 Å². The minimum atomic E-state index is -1.32. The van der Waals surface area contributed by atoms with Crippen LogP contribution in [0.15, 0.2) is 60.9 Å². The first-order valence-electron chi connectivity index (χ1n) is 23.6. The summed E-state index contributed by atoms with van der Waals surface area (Å²) in [6.07, 6.45) is 6.29. The van der Waals surface area contributed by atoms with Crippen molar-refractivity contribution in [2.75, 3.05) is 38.3 Å². The molecule has 0 radical (unpaired) electrons. The molecule has 2 aromatic carbocycles. The number of aromatic nitrogens is 4. The Morgan fingerprint density at radius 2 is 1.03 bits per heavy atom. The maximum Gasteiger partial charge on any atom is 0.410 e. The molecular formula is C50H75N7O7Si2. The van der Waals surface area contributed by atoms with Gasteiger partial charge in [0, 0.05) is 60.7 Å². The molecule has 2 atom stereocenters. The van der Waals surface area contributed by atoms with E-state index in [1.54, 1.807) is 21.7 Å². The van der Waals surface area contributed by atoms with Crippen molar-refractivity contribution in [2.45, 2.75) is 155 Å². The molecule has 2 saturated heterocycles. The standard InChI is InChI=1S/C50H75N7O7Si2/c1-49(2,3)63-47(59)54-26-14-16-40(54)44-51-32-42(56(44)34-61-28-30-65(8,9)10)36-18-20-38(21-19-36)46(58)53(7)39-24-22-37(23-25-39)43-33-52-45(57(43)35-62-29-31-66(11,12)13)41-17-15-27-55(41)48(60)64-50(4,5)6/h18-25,32-33,40-41H,14-17,26-31,34-35H2,1-13H3/t40-,41-/m0/s1. The highest BCUT2D eigenvalue weighted by molar-refractivity contribution is 6.76. The highest BCUT2D eigenvalue weighted by Crippen LogP contribution is 2.37. The van der Waals surface area contributed by atoms with E-state index in [0.29, 0.717) is 45.3 Å². The lowest BCUT2D eigenvalue weighted by molar-refractivity contribution is 0.0195. The number of rotatable bonds is 16. The largest absolute Gasteiger partial charge is 0.444 e. The Morgan fingerprint density at radius 1 is 0.636 bits per heavy atom. The van der Waals surface area contributed by atoms with Gasteiger partial charge >= 0.3 is 12.2 Å². The Kier molecular flexibility index (Phi) is 15.8. The Balaban J connectivity index is 1.21. The summed E-state index contributed by atoms with van der Waals surface area (Å²) >= 11 is 0. The van der Waals surface area contributed by atoms with Gasteiger partial charge in [-0.3, -0.25) is 14.6 Å². The molecule has 0 bridgehead atoms. The number of ether oxygens (including phenoxy) is 4. The van der Waals surface area contributed by atoms with Gasteiger partial charge in [-0.15, -0.1) is 0 Å². The van der Waals surface area contributed by atoms with Crippen molar-refractivity contribution in [3.63, 3.8) is 0 Å². The SMILES string of the molecule is CN(C(=O)c1ccc(-c2cnc([C@@H]3CCCN3C(=O)OC(C)(C)C)n2COCC[Si](C)(C)C)cc1)c1ccc(-c2cnc([C@@H]3CCCN3C(=O)OC(C)(C)C)n2COCC[Si](C)(C)C)cc1. The summed E-state index contributed by atoms with van der Waals surface area (Å²) in [6.45, 7) is 28.4. The van der Waals surface area contributed by atoms with Crippen LogP contribution < -0.4 is 4.90 Å². The van der Waals surface area contributed by atoms with Gasteiger partial charge in [0.25, 0.3) is 5.91 Å². The number of amides is 3. The summed E-state index contributed by atoms with van der Waals surface area (Å²) < 4.78 is 28.3. The highest BCUT2D eigenvalue weighted by atomic mass is 28.3. The number of carbonyl (C=O) groups is 3. The Hall–Kier alpha value is -4.78. The van der Waals surface area contributed by atoms with Gasteiger partial charge in [0.15, 0.2) is 0 Å². The third kappa shape index (κ3) is 13.2. The molecule has 66 heavy (non-hydrogen) atoms. The number of likely N-dealkylation sites (tertiary alicyclic amines) is 2. The second-order valence-corrected chi connectivity index (χ2v) is 33.4. The normalized spacial score (nSPS) is 17.1. The first-order chi connectivity index (χ1) is 30.9. The maximum atomic E-state index is 14.0. The van der Waals surface area contributed by atoms with Crippen LogP contribution in [0.5, 0.6) is 0 Å². The van der Waals surface area contributed by atoms with E-state index in [9.17, 15) is 14.4 Å². The third-order valence-corrected chi connectivity index (χ3v) is 15.3. The molecule has 4 heterocycles. The zero-order valence-corrected chi connectivity index (χ0v) is 43.9. The van der Waals surface area contributed by atoms with E-state index in [-0.39, 0.29) is 30.2 Å². The molecular weight excluding hydrogens is 867 g/mol. The van der Waals surface area contributed by atoms with Gasteiger partial charge in [0.05, 0.1) is 35.9 Å². The zero-order chi connectivity index (χ0) is 48.2. The molecule has 6 rings (SSSR count). The van der Waals surface area contributed by atoms with Gasteiger partial charge in [0.2, 0.25) is 0 Å². The second kappa shape index (κ2) is 20.6. The lowest BCUT2D eigenvalue weighted by Crippen LogP contribution is -2.37. The highest BCUT2D eigenvalue weighted by Gasteiger charge is 2.38. The molecule has 2 aliphatic rings. The number of carbonyl (C=O) groups excluding carboxylic acids is 3. The van der Waals surface area contributed by atoms with Gasteiger partial charge in [-0.2, -0.15) is 0 Å². The third-order valence-electron chi connectivity index (χ3n) is 11.8. The van der Waals surface area contributed by atoms with Gasteiger partial charge in [0.1, 0.15) is 36.3 Å². The van der Waals surface area contributed by atoms with Crippen LogP contribution in [0.4, 0.5) is 15.3 Å². The van der Waals surface area contributed by atoms with Crippen molar-refractivity contribution in [1.82, 2.24) is 28.9 Å². The fraction of sp³-hybridized carbons (Fsp3) is 0.580. The number of hydrogen-bond donors (Lipinski definition) is 0. The molecule has 2 aliphatic heterocycles. The van der Waals surface area contributed by atoms with E-state index < -0.39 is 27.3 Å². The molecule has 2 fully saturated rings. The predicted molar refractivity (Wildman–Crippen MR) is 266 cm³/mol. The smallest absolute Gasteiger partial charge is 0.410 e. The molecule has 0 saturated carbocycles. The summed E-state index contributed by atoms with van der Waals surface area (Å²) in [5.41, 5.74) is 3.60. The van der Waals surface area contributed by atoms with Crippen molar-refractivity contribution in [1.29, 1.82) is 0 Å². The van der Waals surface area contributed by atoms with Crippen LogP contribution >= 0.6 is 0 Å². The fourth-order valence-electron chi connectivity index (χ4n) is 8.21. The number of nitrogens with zero attached hydrogens (tertiary/aromatic N) is 7. The monoisotopic (exact) mass is 942 g/mol. The first kappa shape index (κ1) is 50.6. The zero-order valence-electron chi connectivity index (χ0n) is 41.9. The van der Waals surface area contributed by atoms with Crippen molar-refractivity contribution in [3.8, 4) is 22.5 Å². The summed E-state index contributed by atoms with van der Waals surface area (Å²) in [5.74, 6) is 1.39. The van der Waals surface area contributed by atoms with Gasteiger partial charge in [-0.25, -0.2) is 19.6 Å². The van der Waals surface area contributed by atoms with Crippen LogP contribution in [-0.2, 0) is 32.4 Å². The molecule has 360 valence electrons. The second-order valence-electron chi connectivity index (χ2n) is 22.2. The van der Waals surface area contributed by atoms with E-state index in [4.69, 9.17) is 28.9 Å². The lowest BCUT2D eigenvalue weighted by Gasteiger charge is -2.29. The van der Waals surface area contributed by atoms with Gasteiger partial charge < -0.3 is 33.0 Å². The molecule has 14 nitrogen and oxygen atoms in total. The first-order valence-corrected chi connectivity index (χ1v) is 31.0. The number of hydrogen-bond acceptors (Lipinski definition) is 9. The number of anilines is 1. The molecule has 16 heteroatoms. The van der Waals surface area contributed by atoms with Crippen LogP contribution in [-0.4, -0.2) is 108 Å². The van der Waals surface area contributed by atoms with Crippen LogP contribution in [0.25, 0.3) is 22.5 Å². The van der Waals surface area contributed by atoms with E-state index in [0.717, 1.165) is 77.6 Å². The predicted octanol–water partition coefficient (Wildman–Crippen LogP) is 11.5. The summed E-state index contributed by atoms with van der Waals surface area (Å²) in [4.78, 5) is 55.7. The molecule has 0 unspecified atom stereocenters. The Morgan fingerprint density at radius 3 is 1.41 bits per heavy atom. The maximum absolute atomic E-state index is 14.0. The van der Waals surface area contributed by atoms with E-state index in [1.165, 1.54) is 0 Å². The quantitative estimate of drug-likeness (QED) is 0.0795. The van der Waals surface area contributed by atoms with Crippen molar-refractivity contribution in [2.24, 2.45) is 0 Å². The summed E-state index contributed by atoms with van der Waals surface area (Å²) in [6, 6.07) is 17.1. The molecule has 2 aromatic heterocycles. The molecule has 4 aromatic rings. The summed E-state index contributed by atoms with van der Waals surface area (Å²) in [5, 5.41) is 0.